The molecule has 172 valence electrons. The van der Waals surface area contributed by atoms with E-state index in [0.29, 0.717) is 5.69 Å². The largest absolute Gasteiger partial charge is 0.490 e. The summed E-state index contributed by atoms with van der Waals surface area (Å²) in [4.78, 5) is 25.4. The topological polar surface area (TPSA) is 102 Å². The summed E-state index contributed by atoms with van der Waals surface area (Å²) in [5.41, 5.74) is 2.70. The highest BCUT2D eigenvalue weighted by Crippen LogP contribution is 2.23. The number of carbonyl (C=O) groups is 2. The Labute approximate surface area is 178 Å². The number of carbonyl (C=O) groups excluding carboxylic acids is 1. The number of halogens is 5. The number of alkyl halides is 5. The van der Waals surface area contributed by atoms with E-state index < -0.39 is 30.2 Å². The van der Waals surface area contributed by atoms with Crippen LogP contribution in [0.25, 0.3) is 5.69 Å². The van der Waals surface area contributed by atoms with E-state index in [9.17, 15) is 26.7 Å². The van der Waals surface area contributed by atoms with E-state index in [2.05, 4.69) is 15.4 Å². The van der Waals surface area contributed by atoms with Gasteiger partial charge in [0, 0.05) is 30.3 Å². The average Bonchev–Trinajstić information content (AvgIpc) is 3.25. The number of hydrogen-bond acceptors (Lipinski definition) is 4. The van der Waals surface area contributed by atoms with Crippen LogP contribution in [0.2, 0.25) is 0 Å². The molecular weight excluding hydrogens is 441 g/mol. The van der Waals surface area contributed by atoms with Crippen LogP contribution in [-0.2, 0) is 11.8 Å². The molecule has 2 aromatic heterocycles. The van der Waals surface area contributed by atoms with E-state index in [1.54, 1.807) is 18.5 Å². The highest BCUT2D eigenvalue weighted by molar-refractivity contribution is 6.05. The summed E-state index contributed by atoms with van der Waals surface area (Å²) in [6.07, 6.45) is -4.89. The van der Waals surface area contributed by atoms with E-state index in [-0.39, 0.29) is 5.56 Å². The van der Waals surface area contributed by atoms with Crippen molar-refractivity contribution in [1.29, 1.82) is 0 Å². The number of amides is 1. The predicted octanol–water partition coefficient (Wildman–Crippen LogP) is 4.05. The molecule has 0 atom stereocenters. The Morgan fingerprint density at radius 3 is 2.12 bits per heavy atom. The van der Waals surface area contributed by atoms with E-state index in [0.717, 1.165) is 17.1 Å². The summed E-state index contributed by atoms with van der Waals surface area (Å²) in [5.74, 6) is -3.38. The van der Waals surface area contributed by atoms with Gasteiger partial charge in [-0.15, -0.1) is 0 Å². The van der Waals surface area contributed by atoms with Crippen molar-refractivity contribution in [2.75, 3.05) is 5.32 Å². The highest BCUT2D eigenvalue weighted by Gasteiger charge is 2.38. The maximum absolute atomic E-state index is 13.0. The monoisotopic (exact) mass is 459 g/mol. The molecule has 3 rings (SSSR count). The SMILES string of the molecule is Cc1ncn(-c2ccc(NC(=O)c3cn(C)nc3C(F)F)cc2)c1C.O=C(O)C(F)(F)F. The Kier molecular flexibility index (Phi) is 7.33. The fraction of sp³-hybridized carbons (Fsp3) is 0.263. The molecule has 0 aliphatic rings. The lowest BCUT2D eigenvalue weighted by Crippen LogP contribution is -2.21. The molecule has 3 aromatic rings. The second kappa shape index (κ2) is 9.58. The van der Waals surface area contributed by atoms with Crippen LogP contribution < -0.4 is 5.32 Å². The molecule has 0 spiro atoms. The third-order valence-corrected chi connectivity index (χ3v) is 4.21. The molecule has 13 heteroatoms. The van der Waals surface area contributed by atoms with Crippen molar-refractivity contribution in [3.05, 3.63) is 59.4 Å². The number of imidazole rings is 1. The molecule has 0 radical (unpaired) electrons. The lowest BCUT2D eigenvalue weighted by Gasteiger charge is -2.08. The van der Waals surface area contributed by atoms with Crippen molar-refractivity contribution in [2.45, 2.75) is 26.4 Å². The molecule has 0 saturated carbocycles. The molecular formula is C19H18F5N5O3. The fourth-order valence-electron chi connectivity index (χ4n) is 2.50. The molecule has 1 amide bonds. The first-order valence-corrected chi connectivity index (χ1v) is 8.85. The quantitative estimate of drug-likeness (QED) is 0.574. The van der Waals surface area contributed by atoms with Gasteiger partial charge in [0.1, 0.15) is 5.69 Å². The van der Waals surface area contributed by atoms with Gasteiger partial charge in [-0.3, -0.25) is 9.48 Å². The smallest absolute Gasteiger partial charge is 0.475 e. The second-order valence-electron chi connectivity index (χ2n) is 6.49. The predicted molar refractivity (Wildman–Crippen MR) is 103 cm³/mol. The van der Waals surface area contributed by atoms with Gasteiger partial charge >= 0.3 is 12.1 Å². The lowest BCUT2D eigenvalue weighted by molar-refractivity contribution is -0.192. The number of nitrogens with one attached hydrogen (secondary N) is 1. The van der Waals surface area contributed by atoms with E-state index >= 15 is 0 Å². The first kappa shape index (κ1) is 24.5. The summed E-state index contributed by atoms with van der Waals surface area (Å²) < 4.78 is 60.8. The van der Waals surface area contributed by atoms with Crippen LogP contribution in [0.5, 0.6) is 0 Å². The molecule has 0 bridgehead atoms. The molecule has 0 aliphatic carbocycles. The molecule has 0 unspecified atom stereocenters. The third-order valence-electron chi connectivity index (χ3n) is 4.21. The van der Waals surface area contributed by atoms with Gasteiger partial charge < -0.3 is 15.0 Å². The number of anilines is 1. The third kappa shape index (κ3) is 5.89. The van der Waals surface area contributed by atoms with E-state index in [4.69, 9.17) is 9.90 Å². The number of carboxylic acid groups (broad SMARTS) is 1. The van der Waals surface area contributed by atoms with Crippen molar-refractivity contribution in [3.8, 4) is 5.69 Å². The van der Waals surface area contributed by atoms with Gasteiger partial charge in [0.05, 0.1) is 17.6 Å². The molecule has 8 nitrogen and oxygen atoms in total. The molecule has 0 aliphatic heterocycles. The van der Waals surface area contributed by atoms with E-state index in [1.807, 2.05) is 30.5 Å². The number of rotatable bonds is 4. The zero-order chi connectivity index (χ0) is 24.2. The number of benzene rings is 1. The zero-order valence-corrected chi connectivity index (χ0v) is 17.0. The summed E-state index contributed by atoms with van der Waals surface area (Å²) in [7, 11) is 1.49. The van der Waals surface area contributed by atoms with Crippen LogP contribution in [0, 0.1) is 13.8 Å². The Hall–Kier alpha value is -3.77. The average molecular weight is 459 g/mol. The van der Waals surface area contributed by atoms with Gasteiger partial charge in [0.15, 0.2) is 0 Å². The summed E-state index contributed by atoms with van der Waals surface area (Å²) >= 11 is 0. The van der Waals surface area contributed by atoms with Crippen molar-refractivity contribution in [3.63, 3.8) is 0 Å². The number of hydrogen-bond donors (Lipinski definition) is 2. The summed E-state index contributed by atoms with van der Waals surface area (Å²) in [5, 5.41) is 13.4. The zero-order valence-electron chi connectivity index (χ0n) is 17.0. The molecule has 2 N–H and O–H groups in total. The number of carboxylic acids is 1. The Morgan fingerprint density at radius 2 is 1.69 bits per heavy atom. The van der Waals surface area contributed by atoms with Gasteiger partial charge in [-0.05, 0) is 38.1 Å². The molecule has 32 heavy (non-hydrogen) atoms. The number of nitrogens with zero attached hydrogens (tertiary/aromatic N) is 4. The maximum atomic E-state index is 13.0. The minimum absolute atomic E-state index is 0.136. The van der Waals surface area contributed by atoms with Crippen LogP contribution in [-0.4, -0.2) is 42.5 Å². The second-order valence-corrected chi connectivity index (χ2v) is 6.49. The van der Waals surface area contributed by atoms with E-state index in [1.165, 1.54) is 17.9 Å². The van der Waals surface area contributed by atoms with Crippen LogP contribution in [0.15, 0.2) is 36.8 Å². The van der Waals surface area contributed by atoms with Crippen LogP contribution in [0.3, 0.4) is 0 Å². The van der Waals surface area contributed by atoms with Gasteiger partial charge in [0.2, 0.25) is 0 Å². The van der Waals surface area contributed by atoms with Crippen molar-refractivity contribution >= 4 is 17.6 Å². The molecule has 1 aromatic carbocycles. The minimum atomic E-state index is -5.08. The molecule has 0 fully saturated rings. The van der Waals surface area contributed by atoms with Crippen LogP contribution >= 0.6 is 0 Å². The lowest BCUT2D eigenvalue weighted by atomic mass is 10.2. The van der Waals surface area contributed by atoms with Crippen LogP contribution in [0.1, 0.15) is 33.9 Å². The standard InChI is InChI=1S/C17H17F2N5O.C2HF3O2/c1-10-11(2)24(9-20-10)13-6-4-12(5-7-13)21-17(25)14-8-23(3)22-15(14)16(18)19;3-2(4,5)1(6)7/h4-9,16H,1-3H3,(H,21,25);(H,6,7). The fourth-order valence-corrected chi connectivity index (χ4v) is 2.50. The normalized spacial score (nSPS) is 11.2. The van der Waals surface area contributed by atoms with Crippen molar-refractivity contribution < 1.29 is 36.6 Å². The Morgan fingerprint density at radius 1 is 1.12 bits per heavy atom. The number of aryl methyl sites for hydroxylation is 2. The summed E-state index contributed by atoms with van der Waals surface area (Å²) in [6, 6.07) is 7.06. The number of aliphatic carboxylic acids is 1. The van der Waals surface area contributed by atoms with Crippen molar-refractivity contribution in [2.24, 2.45) is 7.05 Å². The molecule has 2 heterocycles. The van der Waals surface area contributed by atoms with Gasteiger partial charge in [-0.25, -0.2) is 18.6 Å². The van der Waals surface area contributed by atoms with Crippen LogP contribution in [0.4, 0.5) is 27.6 Å². The summed E-state index contributed by atoms with van der Waals surface area (Å²) in [6.45, 7) is 3.89. The van der Waals surface area contributed by atoms with Gasteiger partial charge in [-0.1, -0.05) is 0 Å². The minimum Gasteiger partial charge on any atom is -0.475 e. The Bertz CT molecular complexity index is 1100. The number of aromatic nitrogens is 4. The first-order valence-electron chi connectivity index (χ1n) is 8.85. The first-order chi connectivity index (χ1) is 14.8. The van der Waals surface area contributed by atoms with Crippen molar-refractivity contribution in [1.82, 2.24) is 19.3 Å². The Balaban J connectivity index is 0.000000451. The van der Waals surface area contributed by atoms with Gasteiger partial charge in [0.25, 0.3) is 12.3 Å². The maximum Gasteiger partial charge on any atom is 0.490 e. The van der Waals surface area contributed by atoms with Gasteiger partial charge in [-0.2, -0.15) is 18.3 Å². The highest BCUT2D eigenvalue weighted by atomic mass is 19.4. The molecule has 0 saturated heterocycles.